The molecule has 0 saturated carbocycles. The predicted octanol–water partition coefficient (Wildman–Crippen LogP) is 4.02. The summed E-state index contributed by atoms with van der Waals surface area (Å²) in [5.41, 5.74) is 1.36. The number of ether oxygens (including phenoxy) is 2. The quantitative estimate of drug-likeness (QED) is 0.675. The Labute approximate surface area is 148 Å². The van der Waals surface area contributed by atoms with Gasteiger partial charge in [0.15, 0.2) is 11.6 Å². The van der Waals surface area contributed by atoms with Crippen molar-refractivity contribution < 1.29 is 18.7 Å². The highest BCUT2D eigenvalue weighted by atomic mass is 32.1. The number of amides is 1. The molecule has 25 heavy (non-hydrogen) atoms. The van der Waals surface area contributed by atoms with Crippen LogP contribution in [0.5, 0.6) is 5.75 Å². The van der Waals surface area contributed by atoms with Crippen molar-refractivity contribution in [2.24, 2.45) is 0 Å². The molecule has 1 aromatic heterocycles. The van der Waals surface area contributed by atoms with Crippen molar-refractivity contribution in [1.82, 2.24) is 4.98 Å². The first-order valence-corrected chi connectivity index (χ1v) is 8.49. The van der Waals surface area contributed by atoms with Crippen molar-refractivity contribution in [1.29, 1.82) is 0 Å². The molecule has 7 heteroatoms. The molecule has 5 nitrogen and oxygen atoms in total. The smallest absolute Gasteiger partial charge is 0.255 e. The molecule has 1 amide bonds. The Morgan fingerprint density at radius 3 is 2.92 bits per heavy atom. The van der Waals surface area contributed by atoms with Gasteiger partial charge in [0.05, 0.1) is 27.5 Å². The van der Waals surface area contributed by atoms with E-state index in [-0.39, 0.29) is 24.0 Å². The lowest BCUT2D eigenvalue weighted by Gasteiger charge is -2.11. The number of nitrogens with one attached hydrogen (secondary N) is 1. The van der Waals surface area contributed by atoms with Crippen LogP contribution in [0.3, 0.4) is 0 Å². The van der Waals surface area contributed by atoms with Crippen LogP contribution in [0.4, 0.5) is 10.1 Å². The highest BCUT2D eigenvalue weighted by Crippen LogP contribution is 2.26. The van der Waals surface area contributed by atoms with Crippen LogP contribution < -0.4 is 10.1 Å². The van der Waals surface area contributed by atoms with E-state index in [9.17, 15) is 9.18 Å². The Kier molecular flexibility index (Phi) is 5.25. The van der Waals surface area contributed by atoms with E-state index in [1.165, 1.54) is 30.6 Å². The Bertz CT molecular complexity index is 910. The molecule has 3 aromatic rings. The molecule has 2 aromatic carbocycles. The summed E-state index contributed by atoms with van der Waals surface area (Å²) in [6.45, 7) is 2.49. The van der Waals surface area contributed by atoms with Crippen molar-refractivity contribution in [3.63, 3.8) is 0 Å². The third-order valence-corrected chi connectivity index (χ3v) is 4.45. The van der Waals surface area contributed by atoms with E-state index in [1.807, 2.05) is 6.92 Å². The van der Waals surface area contributed by atoms with Gasteiger partial charge >= 0.3 is 0 Å². The summed E-state index contributed by atoms with van der Waals surface area (Å²) in [5.74, 6) is -0.925. The van der Waals surface area contributed by atoms with Crippen LogP contribution in [0, 0.1) is 12.7 Å². The topological polar surface area (TPSA) is 60.5 Å². The van der Waals surface area contributed by atoms with E-state index in [2.05, 4.69) is 10.3 Å². The molecule has 0 aliphatic heterocycles. The highest BCUT2D eigenvalue weighted by molar-refractivity contribution is 7.18. The number of hydrogen-bond donors (Lipinski definition) is 1. The number of carbonyl (C=O) groups is 1. The number of carbonyl (C=O) groups excluding carboxylic acids is 1. The molecular formula is C18H17FN2O3S. The normalized spacial score (nSPS) is 10.8. The number of hydrogen-bond acceptors (Lipinski definition) is 5. The fraction of sp³-hybridized carbons (Fsp3) is 0.222. The maximum atomic E-state index is 14.4. The van der Waals surface area contributed by atoms with Crippen LogP contribution in [0.15, 0.2) is 36.4 Å². The van der Waals surface area contributed by atoms with Gasteiger partial charge in [-0.3, -0.25) is 4.79 Å². The summed E-state index contributed by atoms with van der Waals surface area (Å²) in [6.07, 6.45) is 0. The van der Waals surface area contributed by atoms with E-state index in [1.54, 1.807) is 24.3 Å². The average Bonchev–Trinajstić information content (AvgIpc) is 2.97. The van der Waals surface area contributed by atoms with E-state index in [0.717, 1.165) is 15.2 Å². The van der Waals surface area contributed by atoms with Crippen LogP contribution in [0.2, 0.25) is 0 Å². The summed E-state index contributed by atoms with van der Waals surface area (Å²) in [4.78, 5) is 16.8. The van der Waals surface area contributed by atoms with Gasteiger partial charge in [0.2, 0.25) is 0 Å². The second-order valence-electron chi connectivity index (χ2n) is 5.33. The van der Waals surface area contributed by atoms with Crippen molar-refractivity contribution >= 4 is 33.1 Å². The van der Waals surface area contributed by atoms with Gasteiger partial charge in [-0.15, -0.1) is 11.3 Å². The molecule has 1 heterocycles. The minimum Gasteiger partial charge on any atom is -0.488 e. The first-order chi connectivity index (χ1) is 12.1. The van der Waals surface area contributed by atoms with E-state index in [0.29, 0.717) is 12.2 Å². The SMILES string of the molecule is COCCOc1cccc(NC(=O)c2ccc3nc(C)sc3c2)c1F. The molecule has 0 bridgehead atoms. The van der Waals surface area contributed by atoms with E-state index >= 15 is 0 Å². The maximum absolute atomic E-state index is 14.4. The molecule has 0 aliphatic rings. The number of rotatable bonds is 6. The summed E-state index contributed by atoms with van der Waals surface area (Å²) in [6, 6.07) is 9.84. The summed E-state index contributed by atoms with van der Waals surface area (Å²) in [7, 11) is 1.54. The minimum absolute atomic E-state index is 0.0699. The number of halogens is 1. The Morgan fingerprint density at radius 1 is 1.28 bits per heavy atom. The highest BCUT2D eigenvalue weighted by Gasteiger charge is 2.14. The van der Waals surface area contributed by atoms with Gasteiger partial charge in [0, 0.05) is 12.7 Å². The Morgan fingerprint density at radius 2 is 2.12 bits per heavy atom. The fourth-order valence-corrected chi connectivity index (χ4v) is 3.20. The minimum atomic E-state index is -0.610. The number of methoxy groups -OCH3 is 1. The fourth-order valence-electron chi connectivity index (χ4n) is 2.33. The molecule has 3 rings (SSSR count). The molecule has 130 valence electrons. The molecule has 0 atom stereocenters. The zero-order chi connectivity index (χ0) is 17.8. The number of thiazole rings is 1. The van der Waals surface area contributed by atoms with Crippen LogP contribution in [0.25, 0.3) is 10.2 Å². The molecule has 0 aliphatic carbocycles. The van der Waals surface area contributed by atoms with Gasteiger partial charge in [-0.1, -0.05) is 6.07 Å². The Balaban J connectivity index is 1.78. The molecule has 1 N–H and O–H groups in total. The lowest BCUT2D eigenvalue weighted by molar-refractivity contribution is 0.102. The number of aromatic nitrogens is 1. The largest absolute Gasteiger partial charge is 0.488 e. The van der Waals surface area contributed by atoms with Crippen LogP contribution in [-0.4, -0.2) is 31.2 Å². The summed E-state index contributed by atoms with van der Waals surface area (Å²) >= 11 is 1.51. The maximum Gasteiger partial charge on any atom is 0.255 e. The Hall–Kier alpha value is -2.51. The summed E-state index contributed by atoms with van der Waals surface area (Å²) < 4.78 is 25.5. The number of fused-ring (bicyclic) bond motifs is 1. The molecule has 0 unspecified atom stereocenters. The number of aryl methyl sites for hydroxylation is 1. The predicted molar refractivity (Wildman–Crippen MR) is 96.1 cm³/mol. The third-order valence-electron chi connectivity index (χ3n) is 3.51. The number of anilines is 1. The van der Waals surface area contributed by atoms with Crippen molar-refractivity contribution in [2.45, 2.75) is 6.92 Å². The number of nitrogens with zero attached hydrogens (tertiary/aromatic N) is 1. The second kappa shape index (κ2) is 7.58. The van der Waals surface area contributed by atoms with Crippen LogP contribution >= 0.6 is 11.3 Å². The molecule has 0 fully saturated rings. The van der Waals surface area contributed by atoms with Crippen LogP contribution in [0.1, 0.15) is 15.4 Å². The van der Waals surface area contributed by atoms with Gasteiger partial charge in [0.1, 0.15) is 6.61 Å². The van der Waals surface area contributed by atoms with Gasteiger partial charge < -0.3 is 14.8 Å². The van der Waals surface area contributed by atoms with Crippen LogP contribution in [-0.2, 0) is 4.74 Å². The van der Waals surface area contributed by atoms with E-state index < -0.39 is 5.82 Å². The molecule has 0 spiro atoms. The van der Waals surface area contributed by atoms with Crippen molar-refractivity contribution in [2.75, 3.05) is 25.6 Å². The van der Waals surface area contributed by atoms with Gasteiger partial charge in [-0.2, -0.15) is 0 Å². The van der Waals surface area contributed by atoms with Crippen molar-refractivity contribution in [3.05, 3.63) is 52.8 Å². The van der Waals surface area contributed by atoms with Gasteiger partial charge in [-0.05, 0) is 37.3 Å². The van der Waals surface area contributed by atoms with Gasteiger partial charge in [-0.25, -0.2) is 9.37 Å². The first kappa shape index (κ1) is 17.3. The molecular weight excluding hydrogens is 343 g/mol. The molecule has 0 saturated heterocycles. The summed E-state index contributed by atoms with van der Waals surface area (Å²) in [5, 5.41) is 3.52. The van der Waals surface area contributed by atoms with E-state index in [4.69, 9.17) is 9.47 Å². The van der Waals surface area contributed by atoms with Crippen molar-refractivity contribution in [3.8, 4) is 5.75 Å². The molecule has 0 radical (unpaired) electrons. The third kappa shape index (κ3) is 3.94. The van der Waals surface area contributed by atoms with Gasteiger partial charge in [0.25, 0.3) is 5.91 Å². The zero-order valence-electron chi connectivity index (χ0n) is 13.8. The monoisotopic (exact) mass is 360 g/mol. The lowest BCUT2D eigenvalue weighted by atomic mass is 10.2. The first-order valence-electron chi connectivity index (χ1n) is 7.67. The average molecular weight is 360 g/mol. The lowest BCUT2D eigenvalue weighted by Crippen LogP contribution is -2.13. The standard InChI is InChI=1S/C18H17FN2O3S/c1-11-20-13-7-6-12(10-16(13)25-11)18(22)21-14-4-3-5-15(17(14)19)24-9-8-23-2/h3-7,10H,8-9H2,1-2H3,(H,21,22). The second-order valence-corrected chi connectivity index (χ2v) is 6.56. The zero-order valence-corrected chi connectivity index (χ0v) is 14.7. The number of benzene rings is 2.